The van der Waals surface area contributed by atoms with Crippen molar-refractivity contribution in [3.63, 3.8) is 0 Å². The third-order valence-electron chi connectivity index (χ3n) is 5.35. The highest BCUT2D eigenvalue weighted by Gasteiger charge is 2.28. The zero-order valence-corrected chi connectivity index (χ0v) is 16.8. The van der Waals surface area contributed by atoms with Crippen LogP contribution in [-0.4, -0.2) is 42.5 Å². The van der Waals surface area contributed by atoms with Crippen molar-refractivity contribution in [2.45, 2.75) is 18.9 Å². The fourth-order valence-corrected chi connectivity index (χ4v) is 3.75. The number of hydrogen-bond donors (Lipinski definition) is 2. The number of nitrogens with zero attached hydrogens (tertiary/aromatic N) is 2. The van der Waals surface area contributed by atoms with E-state index in [1.807, 2.05) is 4.90 Å². The summed E-state index contributed by atoms with van der Waals surface area (Å²) >= 11 is 0. The molecule has 1 fully saturated rings. The van der Waals surface area contributed by atoms with Gasteiger partial charge >= 0.3 is 5.97 Å². The second kappa shape index (κ2) is 8.63. The molecule has 0 radical (unpaired) electrons. The van der Waals surface area contributed by atoms with Gasteiger partial charge in [0.05, 0.1) is 12.8 Å². The van der Waals surface area contributed by atoms with Crippen molar-refractivity contribution in [1.82, 2.24) is 5.16 Å². The summed E-state index contributed by atoms with van der Waals surface area (Å²) < 4.78 is 38.0. The van der Waals surface area contributed by atoms with E-state index in [9.17, 15) is 18.7 Å². The van der Waals surface area contributed by atoms with E-state index in [0.717, 1.165) is 0 Å². The highest BCUT2D eigenvalue weighted by atomic mass is 19.1. The number of benzene rings is 2. The molecule has 4 rings (SSSR count). The maximum Gasteiger partial charge on any atom is 0.343 e. The smallest absolute Gasteiger partial charge is 0.343 e. The topological polar surface area (TPSA) is 87.8 Å². The summed E-state index contributed by atoms with van der Waals surface area (Å²) in [6.07, 6.45) is 1.33. The van der Waals surface area contributed by atoms with Crippen molar-refractivity contribution in [1.29, 1.82) is 0 Å². The molecule has 1 aliphatic rings. The highest BCUT2D eigenvalue weighted by Crippen LogP contribution is 2.33. The van der Waals surface area contributed by atoms with Crippen molar-refractivity contribution in [3.8, 4) is 17.1 Å². The monoisotopic (exact) mass is 429 g/mol. The van der Waals surface area contributed by atoms with Crippen LogP contribution in [0.4, 0.5) is 20.3 Å². The molecule has 9 heteroatoms. The molecule has 3 aromatic rings. The van der Waals surface area contributed by atoms with Crippen molar-refractivity contribution < 1.29 is 27.9 Å². The van der Waals surface area contributed by atoms with E-state index in [1.165, 1.54) is 31.4 Å². The number of halogens is 2. The van der Waals surface area contributed by atoms with Crippen LogP contribution in [0.15, 0.2) is 47.0 Å². The Morgan fingerprint density at radius 3 is 2.61 bits per heavy atom. The summed E-state index contributed by atoms with van der Waals surface area (Å²) in [5.41, 5.74) is 0.761. The van der Waals surface area contributed by atoms with E-state index in [1.54, 1.807) is 18.2 Å². The lowest BCUT2D eigenvalue weighted by atomic mass is 10.0. The Hall–Kier alpha value is -3.62. The van der Waals surface area contributed by atoms with E-state index >= 15 is 0 Å². The van der Waals surface area contributed by atoms with E-state index in [4.69, 9.17) is 9.26 Å². The summed E-state index contributed by atoms with van der Waals surface area (Å²) in [6.45, 7) is 1.22. The molecule has 7 nitrogen and oxygen atoms in total. The Morgan fingerprint density at radius 1 is 1.19 bits per heavy atom. The number of carboxylic acid groups (broad SMARTS) is 1. The Morgan fingerprint density at radius 2 is 1.94 bits per heavy atom. The maximum absolute atomic E-state index is 14.0. The molecule has 0 bridgehead atoms. The number of para-hydroxylation sites is 1. The van der Waals surface area contributed by atoms with Crippen molar-refractivity contribution in [2.75, 3.05) is 30.4 Å². The molecule has 1 aromatic heterocycles. The average Bonchev–Trinajstić information content (AvgIpc) is 3.19. The van der Waals surface area contributed by atoms with Crippen LogP contribution in [0.1, 0.15) is 23.2 Å². The molecular weight excluding hydrogens is 408 g/mol. The quantitative estimate of drug-likeness (QED) is 0.600. The lowest BCUT2D eigenvalue weighted by molar-refractivity contribution is 0.0698. The highest BCUT2D eigenvalue weighted by molar-refractivity contribution is 5.99. The van der Waals surface area contributed by atoms with Gasteiger partial charge in [0.15, 0.2) is 28.7 Å². The van der Waals surface area contributed by atoms with Gasteiger partial charge in [0.2, 0.25) is 0 Å². The Balaban J connectivity index is 1.51. The Bertz CT molecular complexity index is 1090. The number of carbonyl (C=O) groups is 1. The number of aromatic carboxylic acids is 1. The summed E-state index contributed by atoms with van der Waals surface area (Å²) in [7, 11) is 1.32. The van der Waals surface area contributed by atoms with Crippen LogP contribution < -0.4 is 15.0 Å². The number of rotatable bonds is 6. The largest absolute Gasteiger partial charge is 0.494 e. The van der Waals surface area contributed by atoms with Crippen LogP contribution in [0.3, 0.4) is 0 Å². The van der Waals surface area contributed by atoms with Crippen molar-refractivity contribution >= 4 is 17.5 Å². The summed E-state index contributed by atoms with van der Waals surface area (Å²) in [5, 5.41) is 16.8. The molecule has 2 N–H and O–H groups in total. The van der Waals surface area contributed by atoms with E-state index in [2.05, 4.69) is 10.5 Å². The van der Waals surface area contributed by atoms with Gasteiger partial charge in [0.25, 0.3) is 0 Å². The van der Waals surface area contributed by atoms with Gasteiger partial charge in [-0.05, 0) is 43.2 Å². The van der Waals surface area contributed by atoms with Crippen LogP contribution >= 0.6 is 0 Å². The zero-order valence-electron chi connectivity index (χ0n) is 16.8. The van der Waals surface area contributed by atoms with Gasteiger partial charge < -0.3 is 24.6 Å². The molecule has 162 valence electrons. The van der Waals surface area contributed by atoms with Crippen LogP contribution in [0.25, 0.3) is 11.3 Å². The molecule has 1 aliphatic heterocycles. The average molecular weight is 429 g/mol. The fraction of sp³-hybridized carbons (Fsp3) is 0.273. The Labute approximate surface area is 177 Å². The van der Waals surface area contributed by atoms with Gasteiger partial charge in [-0.15, -0.1) is 0 Å². The SMILES string of the molecule is COc1cc(-c2onc(NC3CCN(c4ccccc4F)CC3)c2C(=O)O)ccc1F. The molecule has 0 saturated carbocycles. The molecule has 0 aliphatic carbocycles. The number of nitrogens with one attached hydrogen (secondary N) is 1. The summed E-state index contributed by atoms with van der Waals surface area (Å²) in [4.78, 5) is 13.9. The van der Waals surface area contributed by atoms with Gasteiger partial charge in [-0.3, -0.25) is 0 Å². The van der Waals surface area contributed by atoms with Gasteiger partial charge in [0.1, 0.15) is 5.82 Å². The van der Waals surface area contributed by atoms with Crippen LogP contribution in [0, 0.1) is 11.6 Å². The standard InChI is InChI=1S/C22H21F2N3O4/c1-30-18-12-13(6-7-16(18)24)20-19(22(28)29)21(26-31-20)25-14-8-10-27(11-9-14)17-5-3-2-4-15(17)23/h2-7,12,14H,8-11H2,1H3,(H,25,26)(H,28,29). The Kier molecular flexibility index (Phi) is 5.75. The first-order valence-corrected chi connectivity index (χ1v) is 9.80. The number of methoxy groups -OCH3 is 1. The van der Waals surface area contributed by atoms with Crippen molar-refractivity contribution in [3.05, 3.63) is 59.7 Å². The lowest BCUT2D eigenvalue weighted by Crippen LogP contribution is -2.39. The molecule has 0 atom stereocenters. The first-order chi connectivity index (χ1) is 15.0. The summed E-state index contributed by atoms with van der Waals surface area (Å²) in [6, 6.07) is 10.5. The van der Waals surface area contributed by atoms with E-state index in [-0.39, 0.29) is 34.8 Å². The number of ether oxygens (including phenoxy) is 1. The summed E-state index contributed by atoms with van der Waals surface area (Å²) in [5.74, 6) is -1.96. The third kappa shape index (κ3) is 4.16. The minimum Gasteiger partial charge on any atom is -0.494 e. The third-order valence-corrected chi connectivity index (χ3v) is 5.35. The second-order valence-electron chi connectivity index (χ2n) is 7.25. The van der Waals surface area contributed by atoms with Crippen molar-refractivity contribution in [2.24, 2.45) is 0 Å². The molecule has 0 spiro atoms. The normalized spacial score (nSPS) is 14.5. The van der Waals surface area contributed by atoms with Gasteiger partial charge in [-0.1, -0.05) is 17.3 Å². The molecule has 31 heavy (non-hydrogen) atoms. The molecule has 1 saturated heterocycles. The predicted octanol–water partition coefficient (Wildman–Crippen LogP) is 4.41. The molecule has 2 heterocycles. The van der Waals surface area contributed by atoms with Gasteiger partial charge in [0, 0.05) is 24.7 Å². The van der Waals surface area contributed by atoms with Gasteiger partial charge in [-0.2, -0.15) is 0 Å². The van der Waals surface area contributed by atoms with Crippen LogP contribution in [0.5, 0.6) is 5.75 Å². The molecule has 0 amide bonds. The number of piperidine rings is 1. The fourth-order valence-electron chi connectivity index (χ4n) is 3.75. The van der Waals surface area contributed by atoms with Crippen LogP contribution in [0.2, 0.25) is 0 Å². The van der Waals surface area contributed by atoms with E-state index in [0.29, 0.717) is 37.2 Å². The van der Waals surface area contributed by atoms with Crippen LogP contribution in [-0.2, 0) is 0 Å². The predicted molar refractivity (Wildman–Crippen MR) is 111 cm³/mol. The maximum atomic E-state index is 14.0. The first kappa shape index (κ1) is 20.6. The first-order valence-electron chi connectivity index (χ1n) is 9.80. The number of anilines is 2. The molecular formula is C22H21F2N3O4. The number of carboxylic acids is 1. The molecule has 0 unspecified atom stereocenters. The van der Waals surface area contributed by atoms with Gasteiger partial charge in [-0.25, -0.2) is 13.6 Å². The van der Waals surface area contributed by atoms with E-state index < -0.39 is 11.8 Å². The minimum atomic E-state index is -1.22. The zero-order chi connectivity index (χ0) is 22.0. The lowest BCUT2D eigenvalue weighted by Gasteiger charge is -2.34. The minimum absolute atomic E-state index is 0.0112. The number of hydrogen-bond acceptors (Lipinski definition) is 6. The second-order valence-corrected chi connectivity index (χ2v) is 7.25. The number of aromatic nitrogens is 1. The molecule has 2 aromatic carbocycles.